The minimum absolute atomic E-state index is 0.737. The van der Waals surface area contributed by atoms with E-state index in [0.717, 1.165) is 56.6 Å². The van der Waals surface area contributed by atoms with Crippen LogP contribution in [0, 0.1) is 5.92 Å². The van der Waals surface area contributed by atoms with Crippen LogP contribution in [0.25, 0.3) is 0 Å². The highest BCUT2D eigenvalue weighted by Crippen LogP contribution is 2.24. The summed E-state index contributed by atoms with van der Waals surface area (Å²) in [4.78, 5) is 6.96. The molecule has 4 rings (SSSR count). The summed E-state index contributed by atoms with van der Waals surface area (Å²) in [5.41, 5.74) is 2.81. The van der Waals surface area contributed by atoms with Crippen molar-refractivity contribution in [2.45, 2.75) is 32.1 Å². The second-order valence-electron chi connectivity index (χ2n) is 7.78. The number of hydrogen-bond acceptors (Lipinski definition) is 5. The number of hydrogen-bond donors (Lipinski definition) is 1. The molecule has 1 N–H and O–H groups in total. The van der Waals surface area contributed by atoms with Crippen LogP contribution in [0.1, 0.15) is 30.4 Å². The van der Waals surface area contributed by atoms with Crippen molar-refractivity contribution in [2.24, 2.45) is 5.92 Å². The van der Waals surface area contributed by atoms with Crippen molar-refractivity contribution in [1.82, 2.24) is 15.2 Å². The fraction of sp³-hybridized carbons (Fsp3) is 0.375. The minimum Gasteiger partial charge on any atom is -0.369 e. The lowest BCUT2D eigenvalue weighted by atomic mass is 9.90. The highest BCUT2D eigenvalue weighted by Gasteiger charge is 2.21. The van der Waals surface area contributed by atoms with E-state index in [9.17, 15) is 0 Å². The summed E-state index contributed by atoms with van der Waals surface area (Å²) in [6.45, 7) is 2.87. The van der Waals surface area contributed by atoms with Crippen LogP contribution in [0.2, 0.25) is 0 Å². The second kappa shape index (κ2) is 10.0. The largest absolute Gasteiger partial charge is 0.369 e. The van der Waals surface area contributed by atoms with Crippen molar-refractivity contribution in [1.29, 1.82) is 0 Å². The molecule has 3 aromatic rings. The molecule has 2 heterocycles. The van der Waals surface area contributed by atoms with Gasteiger partial charge in [-0.15, -0.1) is 5.10 Å². The molecular weight excluding hydrogens is 358 g/mol. The third-order valence-corrected chi connectivity index (χ3v) is 5.60. The molecule has 0 atom stereocenters. The van der Waals surface area contributed by atoms with E-state index < -0.39 is 0 Å². The molecule has 1 aromatic heterocycles. The zero-order chi connectivity index (χ0) is 19.7. The summed E-state index contributed by atoms with van der Waals surface area (Å²) < 4.78 is 0. The summed E-state index contributed by atoms with van der Waals surface area (Å²) in [5, 5.41) is 11.8. The van der Waals surface area contributed by atoms with E-state index in [2.05, 4.69) is 81.1 Å². The Labute approximate surface area is 173 Å². The van der Waals surface area contributed by atoms with Gasteiger partial charge in [-0.1, -0.05) is 60.7 Å². The second-order valence-corrected chi connectivity index (χ2v) is 7.78. The normalized spacial score (nSPS) is 14.7. The van der Waals surface area contributed by atoms with Gasteiger partial charge in [-0.25, -0.2) is 0 Å². The number of nitrogens with zero attached hydrogens (tertiary/aromatic N) is 4. The Morgan fingerprint density at radius 2 is 1.59 bits per heavy atom. The Morgan fingerprint density at radius 1 is 0.897 bits per heavy atom. The van der Waals surface area contributed by atoms with Gasteiger partial charge >= 0.3 is 0 Å². The topological polar surface area (TPSA) is 53.9 Å². The van der Waals surface area contributed by atoms with Gasteiger partial charge in [0.05, 0.1) is 6.20 Å². The summed E-state index contributed by atoms with van der Waals surface area (Å²) in [7, 11) is 0. The van der Waals surface area contributed by atoms with E-state index in [-0.39, 0.29) is 0 Å². The molecule has 0 amide bonds. The first-order valence-electron chi connectivity index (χ1n) is 10.6. The highest BCUT2D eigenvalue weighted by atomic mass is 15.3. The Hall–Kier alpha value is -2.95. The summed E-state index contributed by atoms with van der Waals surface area (Å²) >= 11 is 0. The van der Waals surface area contributed by atoms with Crippen molar-refractivity contribution in [3.63, 3.8) is 0 Å². The summed E-state index contributed by atoms with van der Waals surface area (Å²) in [6.07, 6.45) is 7.35. The van der Waals surface area contributed by atoms with Crippen molar-refractivity contribution < 1.29 is 0 Å². The molecule has 5 nitrogen and oxygen atoms in total. The van der Waals surface area contributed by atoms with E-state index in [1.165, 1.54) is 24.0 Å². The van der Waals surface area contributed by atoms with Crippen LogP contribution in [0.5, 0.6) is 0 Å². The molecular formula is C24H29N5. The lowest BCUT2D eigenvalue weighted by Gasteiger charge is -2.31. The van der Waals surface area contributed by atoms with Gasteiger partial charge in [0.1, 0.15) is 0 Å². The third kappa shape index (κ3) is 5.76. The van der Waals surface area contributed by atoms with Gasteiger partial charge in [0.15, 0.2) is 5.82 Å². The smallest absolute Gasteiger partial charge is 0.247 e. The van der Waals surface area contributed by atoms with Crippen LogP contribution in [-0.4, -0.2) is 34.8 Å². The average Bonchev–Trinajstić information content (AvgIpc) is 2.79. The zero-order valence-corrected chi connectivity index (χ0v) is 16.9. The predicted octanol–water partition coefficient (Wildman–Crippen LogP) is 4.38. The summed E-state index contributed by atoms with van der Waals surface area (Å²) in [5.74, 6) is 2.30. The SMILES string of the molecule is c1ccc(CCCNc2cnnc(N3CCC(Cc4ccccc4)CC3)n2)cc1. The first-order chi connectivity index (χ1) is 14.4. The fourth-order valence-electron chi connectivity index (χ4n) is 3.95. The molecule has 1 aliphatic rings. The average molecular weight is 388 g/mol. The standard InChI is InChI=1S/C24H29N5/c1-3-8-20(9-4-1)12-7-15-25-23-19-26-28-24(27-23)29-16-13-22(14-17-29)18-21-10-5-2-6-11-21/h1-6,8-11,19,22H,7,12-18H2,(H,25,27,28). The van der Waals surface area contributed by atoms with Crippen molar-refractivity contribution in [3.05, 3.63) is 78.0 Å². The molecule has 1 fully saturated rings. The molecule has 0 aliphatic carbocycles. The maximum Gasteiger partial charge on any atom is 0.247 e. The zero-order valence-electron chi connectivity index (χ0n) is 16.9. The van der Waals surface area contributed by atoms with Gasteiger partial charge in [-0.2, -0.15) is 10.1 Å². The van der Waals surface area contributed by atoms with E-state index in [1.54, 1.807) is 6.20 Å². The van der Waals surface area contributed by atoms with E-state index >= 15 is 0 Å². The van der Waals surface area contributed by atoms with Crippen molar-refractivity contribution in [2.75, 3.05) is 29.9 Å². The first-order valence-corrected chi connectivity index (χ1v) is 10.6. The molecule has 5 heteroatoms. The third-order valence-electron chi connectivity index (χ3n) is 5.60. The molecule has 0 radical (unpaired) electrons. The van der Waals surface area contributed by atoms with Gasteiger partial charge < -0.3 is 10.2 Å². The number of rotatable bonds is 8. The Balaban J connectivity index is 1.23. The van der Waals surface area contributed by atoms with Gasteiger partial charge in [0.25, 0.3) is 0 Å². The van der Waals surface area contributed by atoms with Crippen LogP contribution in [0.3, 0.4) is 0 Å². The molecule has 0 saturated carbocycles. The highest BCUT2D eigenvalue weighted by molar-refractivity contribution is 5.39. The Morgan fingerprint density at radius 3 is 2.31 bits per heavy atom. The molecule has 1 saturated heterocycles. The van der Waals surface area contributed by atoms with Crippen LogP contribution in [-0.2, 0) is 12.8 Å². The molecule has 2 aromatic carbocycles. The predicted molar refractivity (Wildman–Crippen MR) is 118 cm³/mol. The fourth-order valence-corrected chi connectivity index (χ4v) is 3.95. The maximum atomic E-state index is 4.69. The lowest BCUT2D eigenvalue weighted by Crippen LogP contribution is -2.35. The number of nitrogens with one attached hydrogen (secondary N) is 1. The van der Waals surface area contributed by atoms with Crippen LogP contribution in [0.15, 0.2) is 66.9 Å². The minimum atomic E-state index is 0.737. The molecule has 0 unspecified atom stereocenters. The number of benzene rings is 2. The monoisotopic (exact) mass is 387 g/mol. The van der Waals surface area contributed by atoms with Crippen molar-refractivity contribution >= 4 is 11.8 Å². The van der Waals surface area contributed by atoms with Gasteiger partial charge in [-0.3, -0.25) is 0 Å². The molecule has 29 heavy (non-hydrogen) atoms. The number of piperidine rings is 1. The maximum absolute atomic E-state index is 4.69. The molecule has 0 spiro atoms. The Bertz CT molecular complexity index is 861. The Kier molecular flexibility index (Phi) is 6.68. The van der Waals surface area contributed by atoms with Gasteiger partial charge in [0, 0.05) is 19.6 Å². The molecule has 150 valence electrons. The first kappa shape index (κ1) is 19.4. The number of aromatic nitrogens is 3. The van der Waals surface area contributed by atoms with Crippen molar-refractivity contribution in [3.8, 4) is 0 Å². The van der Waals surface area contributed by atoms with Crippen LogP contribution in [0.4, 0.5) is 11.8 Å². The lowest BCUT2D eigenvalue weighted by molar-refractivity contribution is 0.400. The molecule has 0 bridgehead atoms. The van der Waals surface area contributed by atoms with E-state index in [0.29, 0.717) is 0 Å². The van der Waals surface area contributed by atoms with Crippen LogP contribution < -0.4 is 10.2 Å². The van der Waals surface area contributed by atoms with Crippen LogP contribution >= 0.6 is 0 Å². The number of anilines is 2. The van der Waals surface area contributed by atoms with Gasteiger partial charge in [-0.05, 0) is 49.1 Å². The molecule has 1 aliphatic heterocycles. The van der Waals surface area contributed by atoms with E-state index in [4.69, 9.17) is 4.98 Å². The summed E-state index contributed by atoms with van der Waals surface area (Å²) in [6, 6.07) is 21.4. The number of aryl methyl sites for hydroxylation is 1. The quantitative estimate of drug-likeness (QED) is 0.582. The van der Waals surface area contributed by atoms with Gasteiger partial charge in [0.2, 0.25) is 5.95 Å². The van der Waals surface area contributed by atoms with E-state index in [1.807, 2.05) is 0 Å².